The van der Waals surface area contributed by atoms with E-state index in [1.54, 1.807) is 29.9 Å². The summed E-state index contributed by atoms with van der Waals surface area (Å²) in [5, 5.41) is 10.3. The number of rotatable bonds is 8. The van der Waals surface area contributed by atoms with Crippen LogP contribution in [0.5, 0.6) is 0 Å². The van der Waals surface area contributed by atoms with Crippen LogP contribution in [0.15, 0.2) is 67.4 Å². The Morgan fingerprint density at radius 2 is 1.72 bits per heavy atom. The van der Waals surface area contributed by atoms with Crippen molar-refractivity contribution in [2.45, 2.75) is 44.6 Å². The molecule has 2 N–H and O–H groups in total. The van der Waals surface area contributed by atoms with Crippen molar-refractivity contribution in [3.8, 4) is 11.3 Å². The van der Waals surface area contributed by atoms with Gasteiger partial charge in [0.2, 0.25) is 17.7 Å². The van der Waals surface area contributed by atoms with E-state index in [0.717, 1.165) is 62.0 Å². The highest BCUT2D eigenvalue weighted by Gasteiger charge is 2.29. The largest absolute Gasteiger partial charge is 0.369 e. The molecule has 15 heteroatoms. The van der Waals surface area contributed by atoms with Gasteiger partial charge in [0.1, 0.15) is 11.6 Å². The minimum Gasteiger partial charge on any atom is -0.369 e. The fourth-order valence-corrected chi connectivity index (χ4v) is 7.56. The second kappa shape index (κ2) is 14.4. The zero-order valence-corrected chi connectivity index (χ0v) is 29.3. The average Bonchev–Trinajstić information content (AvgIpc) is 3.85. The number of amides is 3. The predicted octanol–water partition coefficient (Wildman–Crippen LogP) is 4.43. The molecule has 8 rings (SSSR count). The molecule has 1 unspecified atom stereocenters. The van der Waals surface area contributed by atoms with Gasteiger partial charge in [-0.2, -0.15) is 5.10 Å². The standard InChI is InChI=1S/C38H40F2N10O3/c1-24-18-30(32(40)19-31(24)39)33-21-42-36(37-41-10-13-49(33)37)44-26-20-43-50(22-26)28-8-11-48(12-9-28)35(52)23-46-14-16-47(17-15-46)27-4-2-25(3-5-27)29-6-7-34(51)45-38(29)53/h2-5,10,13,18-22,28-29H,6-9,11-12,14-17,23H2,1H3,(H,42,44)(H,45,51,53). The third-order valence-electron chi connectivity index (χ3n) is 10.6. The van der Waals surface area contributed by atoms with Gasteiger partial charge in [0.15, 0.2) is 11.5 Å². The molecule has 3 aliphatic heterocycles. The summed E-state index contributed by atoms with van der Waals surface area (Å²) in [7, 11) is 0. The molecule has 0 spiro atoms. The molecule has 3 saturated heterocycles. The number of hydrogen-bond acceptors (Lipinski definition) is 9. The van der Waals surface area contributed by atoms with Gasteiger partial charge in [-0.05, 0) is 55.5 Å². The molecule has 2 aromatic carbocycles. The van der Waals surface area contributed by atoms with Gasteiger partial charge < -0.3 is 15.1 Å². The predicted molar refractivity (Wildman–Crippen MR) is 194 cm³/mol. The number of halogens is 2. The lowest BCUT2D eigenvalue weighted by molar-refractivity contribution is -0.135. The maximum absolute atomic E-state index is 14.7. The van der Waals surface area contributed by atoms with Crippen LogP contribution in [-0.2, 0) is 14.4 Å². The van der Waals surface area contributed by atoms with E-state index in [2.05, 4.69) is 35.5 Å². The summed E-state index contributed by atoms with van der Waals surface area (Å²) in [6.07, 6.45) is 11.0. The molecule has 53 heavy (non-hydrogen) atoms. The number of anilines is 3. The number of hydrogen-bond donors (Lipinski definition) is 2. The molecular formula is C38H40F2N10O3. The third kappa shape index (κ3) is 7.08. The number of imide groups is 1. The number of nitrogens with zero attached hydrogens (tertiary/aromatic N) is 8. The number of piperazine rings is 1. The highest BCUT2D eigenvalue weighted by molar-refractivity contribution is 6.01. The molecule has 3 aliphatic rings. The van der Waals surface area contributed by atoms with E-state index in [1.807, 2.05) is 40.0 Å². The third-order valence-corrected chi connectivity index (χ3v) is 10.6. The van der Waals surface area contributed by atoms with Crippen LogP contribution in [0.3, 0.4) is 0 Å². The second-order valence-electron chi connectivity index (χ2n) is 14.0. The molecule has 3 fully saturated rings. The van der Waals surface area contributed by atoms with Gasteiger partial charge in [-0.3, -0.25) is 33.7 Å². The number of aromatic nitrogens is 5. The van der Waals surface area contributed by atoms with Crippen molar-refractivity contribution in [3.63, 3.8) is 0 Å². The van der Waals surface area contributed by atoms with E-state index >= 15 is 0 Å². The van der Waals surface area contributed by atoms with Gasteiger partial charge in [0.05, 0.1) is 42.3 Å². The minimum absolute atomic E-state index is 0.141. The lowest BCUT2D eigenvalue weighted by atomic mass is 9.90. The smallest absolute Gasteiger partial charge is 0.236 e. The summed E-state index contributed by atoms with van der Waals surface area (Å²) in [6.45, 7) is 6.47. The Bertz CT molecular complexity index is 2170. The number of nitrogens with one attached hydrogen (secondary N) is 2. The first-order chi connectivity index (χ1) is 25.7. The maximum atomic E-state index is 14.7. The van der Waals surface area contributed by atoms with Crippen molar-refractivity contribution in [1.29, 1.82) is 0 Å². The van der Waals surface area contributed by atoms with Gasteiger partial charge >= 0.3 is 0 Å². The quantitative estimate of drug-likeness (QED) is 0.223. The van der Waals surface area contributed by atoms with E-state index in [4.69, 9.17) is 0 Å². The second-order valence-corrected chi connectivity index (χ2v) is 14.0. The van der Waals surface area contributed by atoms with Crippen molar-refractivity contribution >= 4 is 40.6 Å². The molecule has 0 aliphatic carbocycles. The monoisotopic (exact) mass is 722 g/mol. The highest BCUT2D eigenvalue weighted by atomic mass is 19.1. The van der Waals surface area contributed by atoms with Crippen LogP contribution in [0, 0.1) is 18.6 Å². The SMILES string of the molecule is Cc1cc(-c2cnc(Nc3cnn(C4CCN(C(=O)CN5CCN(c6ccc(C7CCC(=O)NC7=O)cc6)CC5)CC4)c3)c3nccn23)c(F)cc1F. The van der Waals surface area contributed by atoms with Crippen LogP contribution in [0.2, 0.25) is 0 Å². The Kier molecular flexibility index (Phi) is 9.33. The first-order valence-corrected chi connectivity index (χ1v) is 18.0. The van der Waals surface area contributed by atoms with E-state index in [0.29, 0.717) is 55.2 Å². The number of fused-ring (bicyclic) bond motifs is 1. The number of benzene rings is 2. The van der Waals surface area contributed by atoms with Crippen molar-refractivity contribution in [2.24, 2.45) is 0 Å². The van der Waals surface area contributed by atoms with Gasteiger partial charge in [-0.25, -0.2) is 18.7 Å². The van der Waals surface area contributed by atoms with Crippen LogP contribution in [-0.4, -0.2) is 97.5 Å². The molecule has 6 heterocycles. The van der Waals surface area contributed by atoms with Crippen molar-refractivity contribution in [3.05, 3.63) is 90.1 Å². The molecule has 274 valence electrons. The van der Waals surface area contributed by atoms with Crippen LogP contribution >= 0.6 is 0 Å². The van der Waals surface area contributed by atoms with Crippen LogP contribution in [0.4, 0.5) is 26.0 Å². The normalized spacial score (nSPS) is 18.8. The van der Waals surface area contributed by atoms with Crippen LogP contribution < -0.4 is 15.5 Å². The van der Waals surface area contributed by atoms with Gasteiger partial charge in [0.25, 0.3) is 0 Å². The summed E-state index contributed by atoms with van der Waals surface area (Å²) < 4.78 is 32.3. The molecule has 0 bridgehead atoms. The maximum Gasteiger partial charge on any atom is 0.236 e. The summed E-state index contributed by atoms with van der Waals surface area (Å²) in [4.78, 5) is 52.4. The number of carbonyl (C=O) groups is 3. The number of piperidine rings is 2. The Balaban J connectivity index is 0.815. The average molecular weight is 723 g/mol. The Morgan fingerprint density at radius 3 is 2.47 bits per heavy atom. The summed E-state index contributed by atoms with van der Waals surface area (Å²) in [6, 6.07) is 10.5. The van der Waals surface area contributed by atoms with Crippen molar-refractivity contribution < 1.29 is 23.2 Å². The van der Waals surface area contributed by atoms with Gasteiger partial charge in [0, 0.05) is 81.6 Å². The molecule has 13 nitrogen and oxygen atoms in total. The molecule has 3 aromatic heterocycles. The highest BCUT2D eigenvalue weighted by Crippen LogP contribution is 2.31. The molecular weight excluding hydrogens is 682 g/mol. The topological polar surface area (TPSA) is 133 Å². The van der Waals surface area contributed by atoms with Crippen molar-refractivity contribution in [2.75, 3.05) is 56.0 Å². The fourth-order valence-electron chi connectivity index (χ4n) is 7.56. The molecule has 5 aromatic rings. The molecule has 1 atom stereocenters. The summed E-state index contributed by atoms with van der Waals surface area (Å²) in [5.74, 6) is -1.39. The molecule has 0 radical (unpaired) electrons. The van der Waals surface area contributed by atoms with Crippen molar-refractivity contribution in [1.82, 2.24) is 39.3 Å². The fraction of sp³-hybridized carbons (Fsp3) is 0.368. The Morgan fingerprint density at radius 1 is 0.943 bits per heavy atom. The first kappa shape index (κ1) is 34.4. The van der Waals surface area contributed by atoms with Gasteiger partial charge in [-0.1, -0.05) is 12.1 Å². The number of carbonyl (C=O) groups excluding carboxylic acids is 3. The number of imidazole rings is 1. The number of likely N-dealkylation sites (tertiary alicyclic amines) is 1. The van der Waals surface area contributed by atoms with Crippen LogP contribution in [0.25, 0.3) is 16.9 Å². The van der Waals surface area contributed by atoms with E-state index in [1.165, 1.54) is 12.3 Å². The van der Waals surface area contributed by atoms with E-state index in [-0.39, 0.29) is 35.2 Å². The summed E-state index contributed by atoms with van der Waals surface area (Å²) in [5.41, 5.74) is 4.25. The van der Waals surface area contributed by atoms with E-state index < -0.39 is 11.6 Å². The first-order valence-electron chi connectivity index (χ1n) is 18.0. The lowest BCUT2D eigenvalue weighted by Gasteiger charge is -2.38. The zero-order chi connectivity index (χ0) is 36.6. The van der Waals surface area contributed by atoms with Crippen LogP contribution in [0.1, 0.15) is 48.8 Å². The number of aryl methyl sites for hydroxylation is 1. The minimum atomic E-state index is -0.674. The van der Waals surface area contributed by atoms with Gasteiger partial charge in [-0.15, -0.1) is 0 Å². The lowest BCUT2D eigenvalue weighted by Crippen LogP contribution is -2.51. The molecule has 3 amide bonds. The Labute approximate surface area is 304 Å². The zero-order valence-electron chi connectivity index (χ0n) is 29.3. The summed E-state index contributed by atoms with van der Waals surface area (Å²) >= 11 is 0. The van der Waals surface area contributed by atoms with E-state index in [9.17, 15) is 23.2 Å². The Hall–Kier alpha value is -5.70. The molecule has 0 saturated carbocycles.